The van der Waals surface area contributed by atoms with Crippen LogP contribution in [0.3, 0.4) is 0 Å². The fourth-order valence-electron chi connectivity index (χ4n) is 8.13. The molecule has 6 aliphatic carbocycles. The minimum Gasteiger partial charge on any atom is -0.433 e. The number of ether oxygens (including phenoxy) is 1. The molecule has 4 bridgehead atoms. The van der Waals surface area contributed by atoms with Crippen LogP contribution in [-0.2, 0) is 16.4 Å². The highest BCUT2D eigenvalue weighted by Gasteiger charge is 2.64. The molecule has 2 N–H and O–H groups in total. The van der Waals surface area contributed by atoms with Crippen molar-refractivity contribution in [2.45, 2.75) is 81.8 Å². The lowest BCUT2D eigenvalue weighted by Crippen LogP contribution is -2.63. The number of carbonyl (C=O) groups excluding carboxylic acids is 1. The Labute approximate surface area is 256 Å². The Morgan fingerprint density at radius 2 is 1.69 bits per heavy atom. The molecule has 45 heavy (non-hydrogen) atoms. The average molecular weight is 631 g/mol. The van der Waals surface area contributed by atoms with Gasteiger partial charge in [-0.1, -0.05) is 12.1 Å². The monoisotopic (exact) mass is 630 g/mol. The third-order valence-electron chi connectivity index (χ3n) is 10.8. The van der Waals surface area contributed by atoms with E-state index < -0.39 is 41.4 Å². The van der Waals surface area contributed by atoms with E-state index in [9.17, 15) is 26.7 Å². The number of hydrogen-bond donors (Lipinski definition) is 2. The summed E-state index contributed by atoms with van der Waals surface area (Å²) in [5, 5.41) is 6.41. The summed E-state index contributed by atoms with van der Waals surface area (Å²) in [6.45, 7) is -2.96. The zero-order chi connectivity index (χ0) is 31.6. The lowest BCUT2D eigenvalue weighted by molar-refractivity contribution is -0.169. The van der Waals surface area contributed by atoms with Gasteiger partial charge in [0.25, 0.3) is 0 Å². The number of fused-ring (bicyclic) bond motifs is 3. The van der Waals surface area contributed by atoms with Gasteiger partial charge in [-0.15, -0.1) is 0 Å². The predicted molar refractivity (Wildman–Crippen MR) is 153 cm³/mol. The van der Waals surface area contributed by atoms with Gasteiger partial charge in [0.2, 0.25) is 5.91 Å². The maximum atomic E-state index is 16.6. The van der Waals surface area contributed by atoms with E-state index in [1.54, 1.807) is 12.1 Å². The van der Waals surface area contributed by atoms with Gasteiger partial charge in [-0.3, -0.25) is 9.78 Å². The van der Waals surface area contributed by atoms with E-state index >= 15 is 4.39 Å². The summed E-state index contributed by atoms with van der Waals surface area (Å²) in [5.41, 5.74) is -0.968. The van der Waals surface area contributed by atoms with Gasteiger partial charge in [0, 0.05) is 33.8 Å². The molecular formula is C33H32F6N4O2. The van der Waals surface area contributed by atoms with Crippen molar-refractivity contribution in [3.05, 3.63) is 77.7 Å². The number of pyridine rings is 2. The molecule has 6 fully saturated rings. The van der Waals surface area contributed by atoms with Gasteiger partial charge in [-0.2, -0.15) is 22.0 Å². The fraction of sp³-hybridized carbons (Fsp3) is 0.485. The van der Waals surface area contributed by atoms with Gasteiger partial charge in [-0.25, -0.2) is 9.37 Å². The number of nitrogens with zero attached hydrogens (tertiary/aromatic N) is 2. The zero-order valence-corrected chi connectivity index (χ0v) is 24.2. The number of halogens is 6. The summed E-state index contributed by atoms with van der Waals surface area (Å²) in [6.07, 6.45) is 0.773. The number of benzene rings is 1. The molecule has 6 aliphatic rings. The summed E-state index contributed by atoms with van der Waals surface area (Å²) in [7, 11) is 0. The molecule has 0 spiro atoms. The molecule has 9 rings (SSSR count). The zero-order valence-electron chi connectivity index (χ0n) is 24.2. The Bertz CT molecular complexity index is 1550. The van der Waals surface area contributed by atoms with E-state index in [-0.39, 0.29) is 23.5 Å². The molecular weight excluding hydrogens is 598 g/mol. The first-order chi connectivity index (χ1) is 21.4. The second kappa shape index (κ2) is 10.6. The highest BCUT2D eigenvalue weighted by Crippen LogP contribution is 2.66. The molecule has 1 amide bonds. The van der Waals surface area contributed by atoms with Crippen LogP contribution < -0.4 is 15.4 Å². The molecule has 12 heteroatoms. The molecule has 1 aromatic carbocycles. The molecule has 6 nitrogen and oxygen atoms in total. The second-order valence-corrected chi connectivity index (χ2v) is 13.3. The van der Waals surface area contributed by atoms with Crippen LogP contribution in [0.5, 0.6) is 5.75 Å². The third kappa shape index (κ3) is 5.19. The van der Waals surface area contributed by atoms with Crippen LogP contribution in [-0.4, -0.2) is 28.7 Å². The van der Waals surface area contributed by atoms with Crippen molar-refractivity contribution in [2.75, 3.05) is 5.32 Å². The number of hydrogen-bond acceptors (Lipinski definition) is 5. The predicted octanol–water partition coefficient (Wildman–Crippen LogP) is 8.04. The molecule has 3 aromatic rings. The summed E-state index contributed by atoms with van der Waals surface area (Å²) < 4.78 is 85.6. The minimum atomic E-state index is -4.50. The summed E-state index contributed by atoms with van der Waals surface area (Å²) in [5.74, 6) is 0.831. The Kier molecular flexibility index (Phi) is 7.05. The number of carbonyl (C=O) groups is 1. The Morgan fingerprint density at radius 3 is 2.24 bits per heavy atom. The van der Waals surface area contributed by atoms with E-state index in [4.69, 9.17) is 0 Å². The minimum absolute atomic E-state index is 0.0574. The quantitative estimate of drug-likeness (QED) is 0.234. The van der Waals surface area contributed by atoms with Gasteiger partial charge in [-0.05, 0) is 99.2 Å². The number of rotatable bonds is 9. The second-order valence-electron chi connectivity index (χ2n) is 13.3. The molecule has 2 aromatic heterocycles. The van der Waals surface area contributed by atoms with Crippen molar-refractivity contribution in [3.63, 3.8) is 0 Å². The summed E-state index contributed by atoms with van der Waals surface area (Å²) in [6, 6.07) is 11.9. The number of nitrogens with one attached hydrogen (secondary N) is 2. The van der Waals surface area contributed by atoms with Crippen LogP contribution in [0, 0.1) is 16.7 Å². The SMILES string of the molecule is O=C(NC(c1cccc(Nc2ccc(OC(F)F)cn2)c1)C12CCC(c3ccc(C(F)(F)F)cn3)(CC1)CC2F)C12CC(C1)C2. The van der Waals surface area contributed by atoms with Crippen molar-refractivity contribution in [2.24, 2.45) is 16.7 Å². The number of alkyl halides is 6. The molecule has 238 valence electrons. The Hall–Kier alpha value is -3.83. The van der Waals surface area contributed by atoms with Crippen LogP contribution in [0.25, 0.3) is 0 Å². The van der Waals surface area contributed by atoms with Crippen LogP contribution in [0.1, 0.15) is 74.2 Å². The average Bonchev–Trinajstić information content (AvgIpc) is 2.95. The smallest absolute Gasteiger partial charge is 0.417 e. The Morgan fingerprint density at radius 1 is 0.933 bits per heavy atom. The van der Waals surface area contributed by atoms with Crippen LogP contribution in [0.4, 0.5) is 37.8 Å². The lowest BCUT2D eigenvalue weighted by atomic mass is 9.44. The van der Waals surface area contributed by atoms with E-state index in [0.717, 1.165) is 37.1 Å². The maximum Gasteiger partial charge on any atom is 0.417 e. The standard InChI is InChI=1S/C33H32F6N4O2/c34-24-16-30(25-6-4-21(17-40-25)33(37,38)39)8-10-32(24,11-9-30)27(43-28(44)31-13-19(14-31)15-31)20-2-1-3-22(12-20)42-26-7-5-23(18-41-26)45-29(35)36/h1-7,12,17-19,24,27,29H,8-11,13-16H2,(H,41,42)(H,43,44). The first kappa shape index (κ1) is 29.9. The number of anilines is 2. The first-order valence-electron chi connectivity index (χ1n) is 15.2. The summed E-state index contributed by atoms with van der Waals surface area (Å²) in [4.78, 5) is 21.9. The first-order valence-corrected chi connectivity index (χ1v) is 15.2. The van der Waals surface area contributed by atoms with Crippen molar-refractivity contribution in [1.82, 2.24) is 15.3 Å². The maximum absolute atomic E-state index is 16.6. The molecule has 6 saturated carbocycles. The third-order valence-corrected chi connectivity index (χ3v) is 10.8. The molecule has 0 radical (unpaired) electrons. The van der Waals surface area contributed by atoms with Crippen molar-refractivity contribution >= 4 is 17.4 Å². The van der Waals surface area contributed by atoms with E-state index in [1.807, 2.05) is 12.1 Å². The van der Waals surface area contributed by atoms with Crippen molar-refractivity contribution in [1.29, 1.82) is 0 Å². The van der Waals surface area contributed by atoms with E-state index in [2.05, 4.69) is 25.3 Å². The fourth-order valence-corrected chi connectivity index (χ4v) is 8.13. The topological polar surface area (TPSA) is 76.1 Å². The van der Waals surface area contributed by atoms with Gasteiger partial charge in [0.05, 0.1) is 17.8 Å². The molecule has 0 aliphatic heterocycles. The number of aromatic nitrogens is 2. The van der Waals surface area contributed by atoms with Gasteiger partial charge >= 0.3 is 12.8 Å². The van der Waals surface area contributed by atoms with E-state index in [0.29, 0.717) is 48.8 Å². The van der Waals surface area contributed by atoms with E-state index in [1.165, 1.54) is 24.4 Å². The van der Waals surface area contributed by atoms with Crippen LogP contribution in [0.2, 0.25) is 0 Å². The molecule has 0 saturated heterocycles. The normalized spacial score (nSPS) is 30.6. The van der Waals surface area contributed by atoms with Crippen molar-refractivity contribution < 1.29 is 35.9 Å². The van der Waals surface area contributed by atoms with Crippen molar-refractivity contribution in [3.8, 4) is 5.75 Å². The molecule has 2 heterocycles. The van der Waals surface area contributed by atoms with Crippen LogP contribution >= 0.6 is 0 Å². The van der Waals surface area contributed by atoms with Gasteiger partial charge in [0.15, 0.2) is 0 Å². The highest BCUT2D eigenvalue weighted by atomic mass is 19.4. The van der Waals surface area contributed by atoms with Crippen LogP contribution in [0.15, 0.2) is 60.9 Å². The highest BCUT2D eigenvalue weighted by molar-refractivity contribution is 5.86. The van der Waals surface area contributed by atoms with Gasteiger partial charge in [0.1, 0.15) is 17.7 Å². The molecule has 2 atom stereocenters. The Balaban J connectivity index is 1.16. The largest absolute Gasteiger partial charge is 0.433 e. The summed E-state index contributed by atoms with van der Waals surface area (Å²) >= 11 is 0. The number of amides is 1. The van der Waals surface area contributed by atoms with Gasteiger partial charge < -0.3 is 15.4 Å². The lowest BCUT2D eigenvalue weighted by Gasteiger charge is -2.62. The molecule has 2 unspecified atom stereocenters.